The van der Waals surface area contributed by atoms with Crippen molar-refractivity contribution < 1.29 is 4.74 Å². The number of ether oxygens (including phenoxy) is 1. The van der Waals surface area contributed by atoms with E-state index >= 15 is 0 Å². The van der Waals surface area contributed by atoms with Crippen molar-refractivity contribution in [3.05, 3.63) is 41.9 Å². The summed E-state index contributed by atoms with van der Waals surface area (Å²) in [5.74, 6) is 0.701. The normalized spacial score (nSPS) is 9.67. The number of nitrogens with zero attached hydrogens (tertiary/aromatic N) is 1. The highest BCUT2D eigenvalue weighted by atomic mass is 32.1. The van der Waals surface area contributed by atoms with E-state index in [4.69, 9.17) is 4.74 Å². The number of para-hydroxylation sites is 1. The van der Waals surface area contributed by atoms with Crippen molar-refractivity contribution in [1.82, 2.24) is 4.98 Å². The zero-order valence-electron chi connectivity index (χ0n) is 6.23. The minimum atomic E-state index is 0.650. The van der Waals surface area contributed by atoms with Gasteiger partial charge in [0.05, 0.1) is 0 Å². The van der Waals surface area contributed by atoms with E-state index in [0.717, 1.165) is 0 Å². The van der Waals surface area contributed by atoms with Crippen LogP contribution in [0.5, 0.6) is 10.9 Å². The van der Waals surface area contributed by atoms with Gasteiger partial charge in [-0.2, -0.15) is 0 Å². The summed E-state index contributed by atoms with van der Waals surface area (Å²) in [5.41, 5.74) is 0. The highest BCUT2D eigenvalue weighted by Crippen LogP contribution is 2.21. The average Bonchev–Trinajstić information content (AvgIpc) is 2.59. The maximum atomic E-state index is 5.37. The van der Waals surface area contributed by atoms with E-state index < -0.39 is 0 Å². The standard InChI is InChI=1S/C9H6NOS/c1-2-4-8(5-3-1)11-9-10-6-7-12-9/h1-4,6-7H. The summed E-state index contributed by atoms with van der Waals surface area (Å²) in [5, 5.41) is 2.52. The molecule has 0 saturated heterocycles. The Kier molecular flexibility index (Phi) is 2.05. The van der Waals surface area contributed by atoms with Crippen molar-refractivity contribution in [3.63, 3.8) is 0 Å². The molecular formula is C9H6NOS. The summed E-state index contributed by atoms with van der Waals surface area (Å²) in [4.78, 5) is 3.99. The molecule has 0 spiro atoms. The fraction of sp³-hybridized carbons (Fsp3) is 0. The third-order valence-electron chi connectivity index (χ3n) is 1.29. The van der Waals surface area contributed by atoms with Crippen molar-refractivity contribution in [3.8, 4) is 10.9 Å². The summed E-state index contributed by atoms with van der Waals surface area (Å²) < 4.78 is 5.37. The molecule has 1 heterocycles. The van der Waals surface area contributed by atoms with Gasteiger partial charge in [0.15, 0.2) is 0 Å². The molecule has 1 aromatic heterocycles. The minimum absolute atomic E-state index is 0.650. The largest absolute Gasteiger partial charge is 0.430 e. The summed E-state index contributed by atoms with van der Waals surface area (Å²) >= 11 is 1.46. The van der Waals surface area contributed by atoms with E-state index in [-0.39, 0.29) is 0 Å². The fourth-order valence-electron chi connectivity index (χ4n) is 0.795. The molecule has 12 heavy (non-hydrogen) atoms. The number of thiazole rings is 1. The van der Waals surface area contributed by atoms with Gasteiger partial charge in [-0.25, -0.2) is 4.98 Å². The molecular weight excluding hydrogens is 170 g/mol. The van der Waals surface area contributed by atoms with Crippen LogP contribution < -0.4 is 4.74 Å². The number of hydrogen-bond acceptors (Lipinski definition) is 3. The zero-order chi connectivity index (χ0) is 8.23. The molecule has 0 aliphatic rings. The molecule has 0 bridgehead atoms. The molecule has 0 saturated carbocycles. The second-order valence-corrected chi connectivity index (χ2v) is 2.98. The van der Waals surface area contributed by atoms with Crippen LogP contribution in [0.1, 0.15) is 0 Å². The number of rotatable bonds is 2. The van der Waals surface area contributed by atoms with E-state index in [2.05, 4.69) is 11.1 Å². The van der Waals surface area contributed by atoms with Crippen LogP contribution in [0.2, 0.25) is 0 Å². The fourth-order valence-corrected chi connectivity index (χ4v) is 1.29. The van der Waals surface area contributed by atoms with Crippen molar-refractivity contribution in [1.29, 1.82) is 0 Å². The topological polar surface area (TPSA) is 22.1 Å². The third kappa shape index (κ3) is 1.62. The van der Waals surface area contributed by atoms with Crippen LogP contribution in [0.4, 0.5) is 0 Å². The Morgan fingerprint density at radius 3 is 3.08 bits per heavy atom. The Balaban J connectivity index is 2.15. The summed E-state index contributed by atoms with van der Waals surface area (Å²) in [6, 6.07) is 10.4. The van der Waals surface area contributed by atoms with Crippen molar-refractivity contribution in [2.24, 2.45) is 0 Å². The van der Waals surface area contributed by atoms with Crippen LogP contribution in [0.25, 0.3) is 0 Å². The number of hydrogen-bond donors (Lipinski definition) is 0. The van der Waals surface area contributed by atoms with E-state index in [1.165, 1.54) is 11.3 Å². The maximum Gasteiger partial charge on any atom is 0.278 e. The lowest BCUT2D eigenvalue weighted by Crippen LogP contribution is -1.80. The summed E-state index contributed by atoms with van der Waals surface area (Å²) in [6.07, 6.45) is 1.71. The molecule has 0 unspecified atom stereocenters. The van der Waals surface area contributed by atoms with Gasteiger partial charge in [-0.15, -0.1) is 0 Å². The Morgan fingerprint density at radius 2 is 2.42 bits per heavy atom. The first-order valence-corrected chi connectivity index (χ1v) is 4.37. The smallest absolute Gasteiger partial charge is 0.278 e. The predicted molar refractivity (Wildman–Crippen MR) is 47.5 cm³/mol. The monoisotopic (exact) mass is 176 g/mol. The van der Waals surface area contributed by atoms with E-state index in [9.17, 15) is 0 Å². The highest BCUT2D eigenvalue weighted by molar-refractivity contribution is 7.11. The third-order valence-corrected chi connectivity index (χ3v) is 1.94. The molecule has 0 aliphatic carbocycles. The molecule has 3 heteroatoms. The van der Waals surface area contributed by atoms with Crippen LogP contribution in [0.15, 0.2) is 35.8 Å². The first kappa shape index (κ1) is 7.31. The average molecular weight is 176 g/mol. The first-order valence-electron chi connectivity index (χ1n) is 3.49. The molecule has 0 amide bonds. The lowest BCUT2D eigenvalue weighted by molar-refractivity contribution is 0.478. The Labute approximate surface area is 74.5 Å². The van der Waals surface area contributed by atoms with Crippen LogP contribution in [-0.4, -0.2) is 4.98 Å². The van der Waals surface area contributed by atoms with Crippen molar-refractivity contribution in [2.75, 3.05) is 0 Å². The SMILES string of the molecule is [c]1ccccc1Oc1nccs1. The van der Waals surface area contributed by atoms with E-state index in [1.807, 2.05) is 29.6 Å². The van der Waals surface area contributed by atoms with Gasteiger partial charge in [-0.05, 0) is 6.07 Å². The van der Waals surface area contributed by atoms with Crippen LogP contribution >= 0.6 is 11.3 Å². The quantitative estimate of drug-likeness (QED) is 0.701. The van der Waals surface area contributed by atoms with Gasteiger partial charge in [0.2, 0.25) is 0 Å². The van der Waals surface area contributed by atoms with Crippen molar-refractivity contribution in [2.45, 2.75) is 0 Å². The van der Waals surface area contributed by atoms with E-state index in [0.29, 0.717) is 10.9 Å². The predicted octanol–water partition coefficient (Wildman–Crippen LogP) is 2.74. The number of aromatic nitrogens is 1. The second-order valence-electron chi connectivity index (χ2n) is 2.13. The maximum absolute atomic E-state index is 5.37. The molecule has 2 aromatic rings. The number of benzene rings is 1. The van der Waals surface area contributed by atoms with Gasteiger partial charge >= 0.3 is 0 Å². The zero-order valence-corrected chi connectivity index (χ0v) is 7.04. The molecule has 2 nitrogen and oxygen atoms in total. The molecule has 1 aromatic carbocycles. The van der Waals surface area contributed by atoms with Gasteiger partial charge in [-0.3, -0.25) is 0 Å². The Hall–Kier alpha value is -1.35. The molecule has 0 N–H and O–H groups in total. The lowest BCUT2D eigenvalue weighted by atomic mass is 10.3. The Bertz CT molecular complexity index is 331. The lowest BCUT2D eigenvalue weighted by Gasteiger charge is -1.98. The molecule has 0 atom stereocenters. The Morgan fingerprint density at radius 1 is 1.42 bits per heavy atom. The molecule has 2 rings (SSSR count). The van der Waals surface area contributed by atoms with Gasteiger partial charge in [0.25, 0.3) is 5.19 Å². The van der Waals surface area contributed by atoms with Gasteiger partial charge < -0.3 is 4.74 Å². The van der Waals surface area contributed by atoms with E-state index in [1.54, 1.807) is 6.20 Å². The minimum Gasteiger partial charge on any atom is -0.430 e. The summed E-state index contributed by atoms with van der Waals surface area (Å²) in [7, 11) is 0. The molecule has 59 valence electrons. The van der Waals surface area contributed by atoms with Gasteiger partial charge in [0.1, 0.15) is 5.75 Å². The van der Waals surface area contributed by atoms with Gasteiger partial charge in [0, 0.05) is 17.6 Å². The molecule has 0 aliphatic heterocycles. The summed E-state index contributed by atoms with van der Waals surface area (Å²) in [6.45, 7) is 0. The van der Waals surface area contributed by atoms with Crippen LogP contribution in [0.3, 0.4) is 0 Å². The van der Waals surface area contributed by atoms with Gasteiger partial charge in [-0.1, -0.05) is 29.5 Å². The van der Waals surface area contributed by atoms with Crippen LogP contribution in [0, 0.1) is 6.07 Å². The highest BCUT2D eigenvalue weighted by Gasteiger charge is 1.96. The van der Waals surface area contributed by atoms with Crippen molar-refractivity contribution >= 4 is 11.3 Å². The molecule has 0 fully saturated rings. The molecule has 1 radical (unpaired) electrons. The first-order chi connectivity index (χ1) is 5.95. The van der Waals surface area contributed by atoms with Crippen LogP contribution in [-0.2, 0) is 0 Å². The second kappa shape index (κ2) is 3.36.